The van der Waals surface area contributed by atoms with E-state index < -0.39 is 0 Å². The summed E-state index contributed by atoms with van der Waals surface area (Å²) in [6.07, 6.45) is 1.77. The fourth-order valence-electron chi connectivity index (χ4n) is 1.76. The van der Waals surface area contributed by atoms with E-state index in [9.17, 15) is 4.79 Å². The van der Waals surface area contributed by atoms with Gasteiger partial charge in [0.2, 0.25) is 0 Å². The minimum Gasteiger partial charge on any atom is -0.320 e. The van der Waals surface area contributed by atoms with Crippen molar-refractivity contribution < 1.29 is 4.79 Å². The van der Waals surface area contributed by atoms with E-state index in [0.717, 1.165) is 11.1 Å². The summed E-state index contributed by atoms with van der Waals surface area (Å²) in [6, 6.07) is 7.24. The monoisotopic (exact) mass is 268 g/mol. The van der Waals surface area contributed by atoms with Gasteiger partial charge in [-0.25, -0.2) is 0 Å². The number of nitrogens with zero attached hydrogens (tertiary/aromatic N) is 2. The molecule has 0 unspecified atom stereocenters. The van der Waals surface area contributed by atoms with Crippen LogP contribution in [0.1, 0.15) is 21.5 Å². The van der Waals surface area contributed by atoms with Gasteiger partial charge in [0.25, 0.3) is 5.91 Å². The van der Waals surface area contributed by atoms with E-state index in [1.54, 1.807) is 30.1 Å². The van der Waals surface area contributed by atoms with Gasteiger partial charge in [-0.2, -0.15) is 5.10 Å². The SMILES string of the molecule is Cc1ccc(C#CCN)cc1C(=O)Nc1ccn(C)n1. The zero-order valence-corrected chi connectivity index (χ0v) is 11.5. The largest absolute Gasteiger partial charge is 0.320 e. The number of rotatable bonds is 2. The van der Waals surface area contributed by atoms with Crippen LogP contribution in [0.4, 0.5) is 5.82 Å². The third-order valence-corrected chi connectivity index (χ3v) is 2.77. The Morgan fingerprint density at radius 2 is 2.25 bits per heavy atom. The number of aryl methyl sites for hydroxylation is 2. The number of nitrogens with one attached hydrogen (secondary N) is 1. The molecular weight excluding hydrogens is 252 g/mol. The van der Waals surface area contributed by atoms with Crippen molar-refractivity contribution in [3.8, 4) is 11.8 Å². The Hall–Kier alpha value is -2.58. The topological polar surface area (TPSA) is 72.9 Å². The minimum atomic E-state index is -0.197. The maximum Gasteiger partial charge on any atom is 0.257 e. The first-order chi connectivity index (χ1) is 9.60. The number of carbonyl (C=O) groups excluding carboxylic acids is 1. The molecule has 0 saturated heterocycles. The molecule has 20 heavy (non-hydrogen) atoms. The standard InChI is InChI=1S/C15H16N4O/c1-11-5-6-12(4-3-8-16)10-13(11)15(20)17-14-7-9-19(2)18-14/h5-7,9-10H,8,16H2,1-2H3,(H,17,18,20). The molecule has 0 atom stereocenters. The van der Waals surface area contributed by atoms with Gasteiger partial charge in [-0.3, -0.25) is 9.48 Å². The molecule has 3 N–H and O–H groups in total. The molecule has 0 fully saturated rings. The second-order valence-corrected chi connectivity index (χ2v) is 4.36. The fraction of sp³-hybridized carbons (Fsp3) is 0.200. The van der Waals surface area contributed by atoms with Crippen molar-refractivity contribution in [2.75, 3.05) is 11.9 Å². The fourth-order valence-corrected chi connectivity index (χ4v) is 1.76. The van der Waals surface area contributed by atoms with Crippen LogP contribution in [0.15, 0.2) is 30.5 Å². The molecule has 0 bridgehead atoms. The molecule has 0 aliphatic carbocycles. The Kier molecular flexibility index (Phi) is 4.18. The van der Waals surface area contributed by atoms with Gasteiger partial charge in [-0.15, -0.1) is 0 Å². The average molecular weight is 268 g/mol. The highest BCUT2D eigenvalue weighted by Crippen LogP contribution is 2.13. The summed E-state index contributed by atoms with van der Waals surface area (Å²) in [5, 5.41) is 6.88. The highest BCUT2D eigenvalue weighted by Gasteiger charge is 2.11. The van der Waals surface area contributed by atoms with E-state index in [0.29, 0.717) is 17.9 Å². The third-order valence-electron chi connectivity index (χ3n) is 2.77. The smallest absolute Gasteiger partial charge is 0.257 e. The Morgan fingerprint density at radius 3 is 2.90 bits per heavy atom. The number of aromatic nitrogens is 2. The van der Waals surface area contributed by atoms with Crippen LogP contribution in [0.2, 0.25) is 0 Å². The molecule has 5 heteroatoms. The number of amides is 1. The third kappa shape index (κ3) is 3.25. The number of carbonyl (C=O) groups is 1. The van der Waals surface area contributed by atoms with Crippen molar-refractivity contribution in [2.45, 2.75) is 6.92 Å². The van der Waals surface area contributed by atoms with Gasteiger partial charge in [0.15, 0.2) is 5.82 Å². The molecule has 2 rings (SSSR count). The number of hydrogen-bond acceptors (Lipinski definition) is 3. The number of nitrogens with two attached hydrogens (primary N) is 1. The quantitative estimate of drug-likeness (QED) is 0.806. The van der Waals surface area contributed by atoms with Crippen LogP contribution in [0.3, 0.4) is 0 Å². The molecule has 0 radical (unpaired) electrons. The van der Waals surface area contributed by atoms with Crippen molar-refractivity contribution in [1.82, 2.24) is 9.78 Å². The summed E-state index contributed by atoms with van der Waals surface area (Å²) < 4.78 is 1.63. The van der Waals surface area contributed by atoms with Crippen LogP contribution in [0.5, 0.6) is 0 Å². The van der Waals surface area contributed by atoms with E-state index in [4.69, 9.17) is 5.73 Å². The van der Waals surface area contributed by atoms with E-state index >= 15 is 0 Å². The van der Waals surface area contributed by atoms with E-state index in [2.05, 4.69) is 22.3 Å². The number of benzene rings is 1. The van der Waals surface area contributed by atoms with Gasteiger partial charge in [0.05, 0.1) is 6.54 Å². The Bertz CT molecular complexity index is 691. The van der Waals surface area contributed by atoms with Crippen LogP contribution in [0, 0.1) is 18.8 Å². The highest BCUT2D eigenvalue weighted by atomic mass is 16.1. The summed E-state index contributed by atoms with van der Waals surface area (Å²) in [5.74, 6) is 6.02. The van der Waals surface area contributed by atoms with E-state index in [1.165, 1.54) is 0 Å². The molecule has 1 aromatic carbocycles. The lowest BCUT2D eigenvalue weighted by Gasteiger charge is -2.06. The zero-order chi connectivity index (χ0) is 14.5. The molecule has 0 aliphatic heterocycles. The second kappa shape index (κ2) is 6.04. The summed E-state index contributed by atoms with van der Waals surface area (Å²) in [7, 11) is 1.80. The molecule has 0 saturated carbocycles. The molecule has 0 aliphatic rings. The summed E-state index contributed by atoms with van der Waals surface area (Å²) >= 11 is 0. The van der Waals surface area contributed by atoms with Crippen molar-refractivity contribution in [3.05, 3.63) is 47.2 Å². The van der Waals surface area contributed by atoms with Crippen molar-refractivity contribution in [3.63, 3.8) is 0 Å². The Morgan fingerprint density at radius 1 is 1.45 bits per heavy atom. The summed E-state index contributed by atoms with van der Waals surface area (Å²) in [5.41, 5.74) is 7.58. The van der Waals surface area contributed by atoms with Crippen LogP contribution < -0.4 is 11.1 Å². The molecule has 2 aromatic rings. The van der Waals surface area contributed by atoms with E-state index in [1.807, 2.05) is 19.1 Å². The maximum atomic E-state index is 12.2. The number of hydrogen-bond donors (Lipinski definition) is 2. The maximum absolute atomic E-state index is 12.2. The van der Waals surface area contributed by atoms with Crippen molar-refractivity contribution >= 4 is 11.7 Å². The lowest BCUT2D eigenvalue weighted by molar-refractivity contribution is 0.102. The van der Waals surface area contributed by atoms with Gasteiger partial charge in [-0.05, 0) is 24.6 Å². The number of anilines is 1. The van der Waals surface area contributed by atoms with Gasteiger partial charge in [-0.1, -0.05) is 17.9 Å². The summed E-state index contributed by atoms with van der Waals surface area (Å²) in [6.45, 7) is 2.18. The van der Waals surface area contributed by atoms with Crippen molar-refractivity contribution in [1.29, 1.82) is 0 Å². The predicted molar refractivity (Wildman–Crippen MR) is 78.3 cm³/mol. The van der Waals surface area contributed by atoms with Gasteiger partial charge in [0, 0.05) is 30.4 Å². The Labute approximate surface area is 117 Å². The van der Waals surface area contributed by atoms with Gasteiger partial charge < -0.3 is 11.1 Å². The highest BCUT2D eigenvalue weighted by molar-refractivity contribution is 6.05. The molecular formula is C15H16N4O. The van der Waals surface area contributed by atoms with Crippen LogP contribution in [-0.4, -0.2) is 22.2 Å². The molecule has 102 valence electrons. The molecule has 5 nitrogen and oxygen atoms in total. The first kappa shape index (κ1) is 13.8. The lowest BCUT2D eigenvalue weighted by Crippen LogP contribution is -2.14. The van der Waals surface area contributed by atoms with Crippen molar-refractivity contribution in [2.24, 2.45) is 12.8 Å². The predicted octanol–water partition coefficient (Wildman–Crippen LogP) is 1.29. The van der Waals surface area contributed by atoms with Gasteiger partial charge >= 0.3 is 0 Å². The molecule has 1 aromatic heterocycles. The zero-order valence-electron chi connectivity index (χ0n) is 11.5. The molecule has 1 amide bonds. The van der Waals surface area contributed by atoms with Crippen LogP contribution >= 0.6 is 0 Å². The molecule has 0 spiro atoms. The second-order valence-electron chi connectivity index (χ2n) is 4.36. The first-order valence-electron chi connectivity index (χ1n) is 6.20. The van der Waals surface area contributed by atoms with Gasteiger partial charge in [0.1, 0.15) is 0 Å². The summed E-state index contributed by atoms with van der Waals surface area (Å²) in [4.78, 5) is 12.2. The normalized spacial score (nSPS) is 9.75. The van der Waals surface area contributed by atoms with Crippen LogP contribution in [0.25, 0.3) is 0 Å². The van der Waals surface area contributed by atoms with Crippen LogP contribution in [-0.2, 0) is 7.05 Å². The molecule has 1 heterocycles. The van der Waals surface area contributed by atoms with E-state index in [-0.39, 0.29) is 5.91 Å². The Balaban J connectivity index is 2.24. The first-order valence-corrected chi connectivity index (χ1v) is 6.20. The lowest BCUT2D eigenvalue weighted by atomic mass is 10.0. The minimum absolute atomic E-state index is 0.197. The average Bonchev–Trinajstić information content (AvgIpc) is 2.83.